The molecular formula is C13H17BrN2O2. The third-order valence-electron chi connectivity index (χ3n) is 3.14. The van der Waals surface area contributed by atoms with E-state index < -0.39 is 0 Å². The lowest BCUT2D eigenvalue weighted by Crippen LogP contribution is -2.34. The number of hydrogen-bond donors (Lipinski definition) is 3. The average Bonchev–Trinajstić information content (AvgIpc) is 2.84. The molecule has 0 bridgehead atoms. The summed E-state index contributed by atoms with van der Waals surface area (Å²) < 4.78 is 0.819. The quantitative estimate of drug-likeness (QED) is 0.749. The molecule has 1 saturated carbocycles. The standard InChI is InChI=1S/C13H17BrN2O2/c14-9-5-6-12(17)11(7-9)16-13(18)8-15-10-3-1-2-4-10/h5-7,10,15,17H,1-4,8H2,(H,16,18). The lowest BCUT2D eigenvalue weighted by atomic mass is 10.2. The van der Waals surface area contributed by atoms with Crippen molar-refractivity contribution in [3.63, 3.8) is 0 Å². The molecule has 1 fully saturated rings. The second-order valence-corrected chi connectivity index (χ2v) is 5.49. The second kappa shape index (κ2) is 6.20. The Balaban J connectivity index is 1.84. The summed E-state index contributed by atoms with van der Waals surface area (Å²) >= 11 is 3.30. The van der Waals surface area contributed by atoms with Gasteiger partial charge in [-0.15, -0.1) is 0 Å². The minimum Gasteiger partial charge on any atom is -0.506 e. The Morgan fingerprint density at radius 2 is 2.11 bits per heavy atom. The van der Waals surface area contributed by atoms with Crippen molar-refractivity contribution < 1.29 is 9.90 Å². The maximum Gasteiger partial charge on any atom is 0.238 e. The zero-order valence-electron chi connectivity index (χ0n) is 10.1. The van der Waals surface area contributed by atoms with E-state index in [1.807, 2.05) is 0 Å². The van der Waals surface area contributed by atoms with E-state index in [9.17, 15) is 9.90 Å². The fourth-order valence-corrected chi connectivity index (χ4v) is 2.53. The molecule has 0 aromatic heterocycles. The van der Waals surface area contributed by atoms with Crippen LogP contribution in [0.25, 0.3) is 0 Å². The molecule has 1 amide bonds. The molecule has 0 heterocycles. The fraction of sp³-hybridized carbons (Fsp3) is 0.462. The van der Waals surface area contributed by atoms with Crippen molar-refractivity contribution in [2.24, 2.45) is 0 Å². The van der Waals surface area contributed by atoms with E-state index in [4.69, 9.17) is 0 Å². The molecular weight excluding hydrogens is 296 g/mol. The molecule has 3 N–H and O–H groups in total. The van der Waals surface area contributed by atoms with Crippen molar-refractivity contribution >= 4 is 27.5 Å². The molecule has 0 saturated heterocycles. The first-order valence-electron chi connectivity index (χ1n) is 6.17. The summed E-state index contributed by atoms with van der Waals surface area (Å²) in [5.74, 6) is -0.0530. The van der Waals surface area contributed by atoms with Gasteiger partial charge < -0.3 is 15.7 Å². The van der Waals surface area contributed by atoms with Gasteiger partial charge in [0.05, 0.1) is 12.2 Å². The van der Waals surface area contributed by atoms with E-state index in [-0.39, 0.29) is 18.2 Å². The summed E-state index contributed by atoms with van der Waals surface area (Å²) in [6.45, 7) is 0.288. The van der Waals surface area contributed by atoms with Gasteiger partial charge in [0.1, 0.15) is 5.75 Å². The minimum atomic E-state index is -0.129. The Morgan fingerprint density at radius 1 is 1.39 bits per heavy atom. The number of anilines is 1. The molecule has 1 aromatic carbocycles. The van der Waals surface area contributed by atoms with Gasteiger partial charge in [0.2, 0.25) is 5.91 Å². The third-order valence-corrected chi connectivity index (χ3v) is 3.63. The van der Waals surface area contributed by atoms with E-state index >= 15 is 0 Å². The smallest absolute Gasteiger partial charge is 0.238 e. The lowest BCUT2D eigenvalue weighted by molar-refractivity contribution is -0.115. The number of phenols is 1. The van der Waals surface area contributed by atoms with Crippen molar-refractivity contribution in [2.75, 3.05) is 11.9 Å². The van der Waals surface area contributed by atoms with E-state index in [0.717, 1.165) is 17.3 Å². The zero-order chi connectivity index (χ0) is 13.0. The molecule has 0 unspecified atom stereocenters. The van der Waals surface area contributed by atoms with Gasteiger partial charge in [-0.25, -0.2) is 0 Å². The normalized spacial score (nSPS) is 15.8. The monoisotopic (exact) mass is 312 g/mol. The van der Waals surface area contributed by atoms with Crippen LogP contribution in [0, 0.1) is 0 Å². The Hall–Kier alpha value is -1.07. The maximum atomic E-state index is 11.7. The van der Waals surface area contributed by atoms with E-state index in [1.54, 1.807) is 18.2 Å². The van der Waals surface area contributed by atoms with Crippen LogP contribution in [0.1, 0.15) is 25.7 Å². The van der Waals surface area contributed by atoms with Crippen LogP contribution in [0.15, 0.2) is 22.7 Å². The predicted octanol–water partition coefficient (Wildman–Crippen LogP) is 2.63. The van der Waals surface area contributed by atoms with Crippen molar-refractivity contribution in [2.45, 2.75) is 31.7 Å². The summed E-state index contributed by atoms with van der Waals surface area (Å²) in [5.41, 5.74) is 0.433. The molecule has 0 aliphatic heterocycles. The maximum absolute atomic E-state index is 11.7. The van der Waals surface area contributed by atoms with Crippen molar-refractivity contribution in [3.8, 4) is 5.75 Å². The first kappa shape index (κ1) is 13.4. The Morgan fingerprint density at radius 3 is 2.83 bits per heavy atom. The molecule has 0 radical (unpaired) electrons. The van der Waals surface area contributed by atoms with Gasteiger partial charge in [-0.05, 0) is 31.0 Å². The number of amides is 1. The van der Waals surface area contributed by atoms with Crippen LogP contribution in [0.2, 0.25) is 0 Å². The number of benzene rings is 1. The fourth-order valence-electron chi connectivity index (χ4n) is 2.17. The molecule has 2 rings (SSSR count). The SMILES string of the molecule is O=C(CNC1CCCC1)Nc1cc(Br)ccc1O. The highest BCUT2D eigenvalue weighted by molar-refractivity contribution is 9.10. The van der Waals surface area contributed by atoms with Crippen LogP contribution in [-0.2, 0) is 4.79 Å². The third kappa shape index (κ3) is 3.71. The summed E-state index contributed by atoms with van der Waals surface area (Å²) in [7, 11) is 0. The molecule has 0 atom stereocenters. The highest BCUT2D eigenvalue weighted by atomic mass is 79.9. The van der Waals surface area contributed by atoms with Gasteiger partial charge in [-0.2, -0.15) is 0 Å². The van der Waals surface area contributed by atoms with Gasteiger partial charge >= 0.3 is 0 Å². The lowest BCUT2D eigenvalue weighted by Gasteiger charge is -2.12. The number of carbonyl (C=O) groups excluding carboxylic acids is 1. The number of nitrogens with one attached hydrogen (secondary N) is 2. The predicted molar refractivity (Wildman–Crippen MR) is 74.7 cm³/mol. The van der Waals surface area contributed by atoms with Crippen molar-refractivity contribution in [3.05, 3.63) is 22.7 Å². The van der Waals surface area contributed by atoms with E-state index in [2.05, 4.69) is 26.6 Å². The van der Waals surface area contributed by atoms with Crippen LogP contribution in [0.4, 0.5) is 5.69 Å². The van der Waals surface area contributed by atoms with Crippen molar-refractivity contribution in [1.82, 2.24) is 5.32 Å². The number of phenolic OH excluding ortho intramolecular Hbond substituents is 1. The molecule has 1 aliphatic rings. The molecule has 18 heavy (non-hydrogen) atoms. The van der Waals surface area contributed by atoms with Gasteiger partial charge in [0, 0.05) is 10.5 Å². The molecule has 0 spiro atoms. The van der Waals surface area contributed by atoms with Crippen LogP contribution in [-0.4, -0.2) is 23.6 Å². The number of halogens is 1. The van der Waals surface area contributed by atoms with Crippen LogP contribution >= 0.6 is 15.9 Å². The summed E-state index contributed by atoms with van der Waals surface area (Å²) in [5, 5.41) is 15.5. The number of hydrogen-bond acceptors (Lipinski definition) is 3. The van der Waals surface area contributed by atoms with Gasteiger partial charge in [-0.1, -0.05) is 28.8 Å². The zero-order valence-corrected chi connectivity index (χ0v) is 11.7. The van der Waals surface area contributed by atoms with Gasteiger partial charge in [0.15, 0.2) is 0 Å². The largest absolute Gasteiger partial charge is 0.506 e. The average molecular weight is 313 g/mol. The van der Waals surface area contributed by atoms with Gasteiger partial charge in [-0.3, -0.25) is 4.79 Å². The Bertz CT molecular complexity index is 431. The van der Waals surface area contributed by atoms with Crippen LogP contribution in [0.5, 0.6) is 5.75 Å². The summed E-state index contributed by atoms with van der Waals surface area (Å²) in [4.78, 5) is 11.7. The molecule has 5 heteroatoms. The molecule has 98 valence electrons. The van der Waals surface area contributed by atoms with E-state index in [1.165, 1.54) is 12.8 Å². The Kier molecular flexibility index (Phi) is 4.60. The molecule has 4 nitrogen and oxygen atoms in total. The number of aromatic hydroxyl groups is 1. The van der Waals surface area contributed by atoms with Crippen LogP contribution < -0.4 is 10.6 Å². The summed E-state index contributed by atoms with van der Waals surface area (Å²) in [6, 6.07) is 5.42. The highest BCUT2D eigenvalue weighted by Crippen LogP contribution is 2.26. The minimum absolute atomic E-state index is 0.0763. The van der Waals surface area contributed by atoms with Crippen molar-refractivity contribution in [1.29, 1.82) is 0 Å². The first-order chi connectivity index (χ1) is 8.65. The van der Waals surface area contributed by atoms with E-state index in [0.29, 0.717) is 11.7 Å². The number of rotatable bonds is 4. The Labute approximate surface area is 115 Å². The topological polar surface area (TPSA) is 61.4 Å². The first-order valence-corrected chi connectivity index (χ1v) is 6.96. The highest BCUT2D eigenvalue weighted by Gasteiger charge is 2.15. The van der Waals surface area contributed by atoms with Crippen LogP contribution in [0.3, 0.4) is 0 Å². The number of carbonyl (C=O) groups is 1. The molecule has 1 aliphatic carbocycles. The second-order valence-electron chi connectivity index (χ2n) is 4.57. The summed E-state index contributed by atoms with van der Waals surface area (Å²) in [6.07, 6.45) is 4.78. The van der Waals surface area contributed by atoms with Gasteiger partial charge in [0.25, 0.3) is 0 Å². The molecule has 1 aromatic rings.